The van der Waals surface area contributed by atoms with Gasteiger partial charge in [-0.3, -0.25) is 9.59 Å². The topological polar surface area (TPSA) is 62.6 Å². The second-order valence-corrected chi connectivity index (χ2v) is 9.00. The molecule has 1 aliphatic heterocycles. The van der Waals surface area contributed by atoms with Crippen molar-refractivity contribution in [3.63, 3.8) is 0 Å². The standard InChI is InChI=1S/C31H24N2O3/c34-30(25-14-13-21-7-4-5-10-23(21)17-25)32-27-12-6-11-24(18-27)29-19-26-20-33(16-15-28(26)36-29)31(35)22-8-2-1-3-9-22/h1-14,17-19H,15-16,20H2,(H,32,34). The third-order valence-electron chi connectivity index (χ3n) is 6.59. The van der Waals surface area contributed by atoms with Crippen LogP contribution in [0.25, 0.3) is 22.1 Å². The molecule has 0 radical (unpaired) electrons. The van der Waals surface area contributed by atoms with Gasteiger partial charge in [-0.05, 0) is 53.2 Å². The number of carbonyl (C=O) groups excluding carboxylic acids is 2. The summed E-state index contributed by atoms with van der Waals surface area (Å²) in [6.07, 6.45) is 0.673. The Bertz CT molecular complexity index is 1590. The molecule has 0 saturated carbocycles. The number of hydrogen-bond donors (Lipinski definition) is 1. The van der Waals surface area contributed by atoms with E-state index in [9.17, 15) is 9.59 Å². The van der Waals surface area contributed by atoms with E-state index in [0.29, 0.717) is 36.3 Å². The van der Waals surface area contributed by atoms with Gasteiger partial charge in [0.05, 0.1) is 0 Å². The van der Waals surface area contributed by atoms with Gasteiger partial charge in [0.15, 0.2) is 0 Å². The minimum atomic E-state index is -0.160. The molecule has 4 aromatic carbocycles. The van der Waals surface area contributed by atoms with Crippen LogP contribution in [-0.4, -0.2) is 23.3 Å². The zero-order valence-corrected chi connectivity index (χ0v) is 19.6. The molecule has 0 bridgehead atoms. The van der Waals surface area contributed by atoms with Crippen LogP contribution in [0.1, 0.15) is 32.0 Å². The van der Waals surface area contributed by atoms with Crippen LogP contribution < -0.4 is 5.32 Å². The van der Waals surface area contributed by atoms with Gasteiger partial charge in [0, 0.05) is 47.5 Å². The molecule has 2 amide bonds. The number of hydrogen-bond acceptors (Lipinski definition) is 3. The molecule has 0 fully saturated rings. The van der Waals surface area contributed by atoms with Crippen molar-refractivity contribution < 1.29 is 14.0 Å². The fourth-order valence-electron chi connectivity index (χ4n) is 4.70. The van der Waals surface area contributed by atoms with Gasteiger partial charge in [-0.1, -0.05) is 60.7 Å². The second-order valence-electron chi connectivity index (χ2n) is 9.00. The number of benzene rings is 4. The molecule has 1 aliphatic rings. The van der Waals surface area contributed by atoms with Crippen LogP contribution in [-0.2, 0) is 13.0 Å². The number of fused-ring (bicyclic) bond motifs is 2. The second kappa shape index (κ2) is 9.19. The highest BCUT2D eigenvalue weighted by atomic mass is 16.3. The lowest BCUT2D eigenvalue weighted by Crippen LogP contribution is -2.35. The quantitative estimate of drug-likeness (QED) is 0.323. The summed E-state index contributed by atoms with van der Waals surface area (Å²) < 4.78 is 6.17. The summed E-state index contributed by atoms with van der Waals surface area (Å²) in [4.78, 5) is 27.6. The largest absolute Gasteiger partial charge is 0.461 e. The van der Waals surface area contributed by atoms with Gasteiger partial charge in [0.2, 0.25) is 0 Å². The van der Waals surface area contributed by atoms with E-state index in [1.165, 1.54) is 0 Å². The maximum absolute atomic E-state index is 12.9. The number of rotatable bonds is 4. The summed E-state index contributed by atoms with van der Waals surface area (Å²) in [6, 6.07) is 32.7. The third-order valence-corrected chi connectivity index (χ3v) is 6.59. The first kappa shape index (κ1) is 21.9. The number of nitrogens with one attached hydrogen (secondary N) is 1. The van der Waals surface area contributed by atoms with Crippen molar-refractivity contribution in [3.8, 4) is 11.3 Å². The molecule has 176 valence electrons. The van der Waals surface area contributed by atoms with E-state index in [2.05, 4.69) is 5.32 Å². The molecule has 1 aromatic heterocycles. The number of amides is 2. The van der Waals surface area contributed by atoms with Gasteiger partial charge in [-0.15, -0.1) is 0 Å². The van der Waals surface area contributed by atoms with Crippen molar-refractivity contribution in [1.82, 2.24) is 4.90 Å². The molecule has 6 rings (SSSR count). The maximum atomic E-state index is 12.9. The lowest BCUT2D eigenvalue weighted by Gasteiger charge is -2.26. The molecule has 0 unspecified atom stereocenters. The van der Waals surface area contributed by atoms with E-state index in [1.807, 2.05) is 108 Å². The number of anilines is 1. The molecule has 1 N–H and O–H groups in total. The minimum Gasteiger partial charge on any atom is -0.461 e. The number of nitrogens with zero attached hydrogens (tertiary/aromatic N) is 1. The van der Waals surface area contributed by atoms with Crippen molar-refractivity contribution in [3.05, 3.63) is 126 Å². The maximum Gasteiger partial charge on any atom is 0.255 e. The highest BCUT2D eigenvalue weighted by Crippen LogP contribution is 2.31. The fourth-order valence-corrected chi connectivity index (χ4v) is 4.70. The highest BCUT2D eigenvalue weighted by Gasteiger charge is 2.25. The predicted molar refractivity (Wildman–Crippen MR) is 141 cm³/mol. The van der Waals surface area contributed by atoms with Crippen molar-refractivity contribution in [2.45, 2.75) is 13.0 Å². The molecule has 5 aromatic rings. The van der Waals surface area contributed by atoms with E-state index >= 15 is 0 Å². The van der Waals surface area contributed by atoms with Crippen molar-refractivity contribution in [1.29, 1.82) is 0 Å². The van der Waals surface area contributed by atoms with Crippen LogP contribution in [0.2, 0.25) is 0 Å². The van der Waals surface area contributed by atoms with E-state index in [4.69, 9.17) is 4.42 Å². The predicted octanol–water partition coefficient (Wildman–Crippen LogP) is 6.55. The Morgan fingerprint density at radius 2 is 1.56 bits per heavy atom. The van der Waals surface area contributed by atoms with Crippen molar-refractivity contribution in [2.24, 2.45) is 0 Å². The van der Waals surface area contributed by atoms with E-state index in [-0.39, 0.29) is 11.8 Å². The van der Waals surface area contributed by atoms with Crippen LogP contribution in [0.5, 0.6) is 0 Å². The molecular weight excluding hydrogens is 448 g/mol. The Kier molecular flexibility index (Phi) is 5.58. The van der Waals surface area contributed by atoms with E-state index in [1.54, 1.807) is 0 Å². The molecule has 5 nitrogen and oxygen atoms in total. The lowest BCUT2D eigenvalue weighted by atomic mass is 10.1. The van der Waals surface area contributed by atoms with Gasteiger partial charge in [0.25, 0.3) is 11.8 Å². The van der Waals surface area contributed by atoms with Gasteiger partial charge < -0.3 is 14.6 Å². The molecule has 0 spiro atoms. The summed E-state index contributed by atoms with van der Waals surface area (Å²) >= 11 is 0. The number of carbonyl (C=O) groups is 2. The van der Waals surface area contributed by atoms with Crippen LogP contribution in [0.15, 0.2) is 108 Å². The van der Waals surface area contributed by atoms with Crippen LogP contribution in [0.3, 0.4) is 0 Å². The Hall–Kier alpha value is -4.64. The van der Waals surface area contributed by atoms with Gasteiger partial charge in [0.1, 0.15) is 11.5 Å². The Morgan fingerprint density at radius 3 is 2.42 bits per heavy atom. The Labute approximate surface area is 209 Å². The summed E-state index contributed by atoms with van der Waals surface area (Å²) in [5.41, 5.74) is 3.89. The van der Waals surface area contributed by atoms with Crippen LogP contribution in [0, 0.1) is 0 Å². The summed E-state index contributed by atoms with van der Waals surface area (Å²) in [6.45, 7) is 1.14. The first-order chi connectivity index (χ1) is 17.6. The Balaban J connectivity index is 1.19. The van der Waals surface area contributed by atoms with Crippen molar-refractivity contribution in [2.75, 3.05) is 11.9 Å². The van der Waals surface area contributed by atoms with Gasteiger partial charge in [-0.25, -0.2) is 0 Å². The summed E-state index contributed by atoms with van der Waals surface area (Å²) in [5, 5.41) is 5.13. The molecule has 2 heterocycles. The smallest absolute Gasteiger partial charge is 0.255 e. The van der Waals surface area contributed by atoms with Crippen molar-refractivity contribution >= 4 is 28.3 Å². The molecule has 36 heavy (non-hydrogen) atoms. The molecular formula is C31H24N2O3. The lowest BCUT2D eigenvalue weighted by molar-refractivity contribution is 0.0730. The SMILES string of the molecule is O=C(Nc1cccc(-c2cc3c(o2)CCN(C(=O)c2ccccc2)C3)c1)c1ccc2ccccc2c1. The van der Waals surface area contributed by atoms with Crippen LogP contribution >= 0.6 is 0 Å². The zero-order valence-electron chi connectivity index (χ0n) is 19.6. The van der Waals surface area contributed by atoms with Gasteiger partial charge >= 0.3 is 0 Å². The normalized spacial score (nSPS) is 12.8. The average molecular weight is 473 g/mol. The third kappa shape index (κ3) is 4.27. The van der Waals surface area contributed by atoms with Gasteiger partial charge in [-0.2, -0.15) is 0 Å². The summed E-state index contributed by atoms with van der Waals surface area (Å²) in [5.74, 6) is 1.51. The van der Waals surface area contributed by atoms with E-state index < -0.39 is 0 Å². The zero-order chi connectivity index (χ0) is 24.5. The fraction of sp³-hybridized carbons (Fsp3) is 0.0968. The number of furan rings is 1. The van der Waals surface area contributed by atoms with E-state index in [0.717, 1.165) is 33.4 Å². The highest BCUT2D eigenvalue weighted by molar-refractivity contribution is 6.06. The minimum absolute atomic E-state index is 0.0300. The first-order valence-electron chi connectivity index (χ1n) is 12.0. The summed E-state index contributed by atoms with van der Waals surface area (Å²) in [7, 11) is 0. The Morgan fingerprint density at radius 1 is 0.750 bits per heavy atom. The molecule has 0 saturated heterocycles. The average Bonchev–Trinajstić information content (AvgIpc) is 3.37. The van der Waals surface area contributed by atoms with Crippen LogP contribution in [0.4, 0.5) is 5.69 Å². The first-order valence-corrected chi connectivity index (χ1v) is 12.0. The molecule has 0 atom stereocenters. The molecule has 0 aliphatic carbocycles. The molecule has 5 heteroatoms. The monoisotopic (exact) mass is 472 g/mol.